The Bertz CT molecular complexity index is 258. The molecule has 14 heavy (non-hydrogen) atoms. The van der Waals surface area contributed by atoms with Gasteiger partial charge in [0.25, 0.3) is 0 Å². The zero-order valence-electron chi connectivity index (χ0n) is 9.24. The second-order valence-corrected chi connectivity index (χ2v) is 4.54. The molecule has 0 fully saturated rings. The molecule has 0 aliphatic heterocycles. The minimum Gasteiger partial charge on any atom is -0.342 e. The van der Waals surface area contributed by atoms with Crippen molar-refractivity contribution in [2.75, 3.05) is 12.8 Å². The van der Waals surface area contributed by atoms with Crippen LogP contribution in [0.4, 0.5) is 0 Å². The van der Waals surface area contributed by atoms with E-state index in [-0.39, 0.29) is 5.54 Å². The highest BCUT2D eigenvalue weighted by molar-refractivity contribution is 8.13. The molecule has 78 valence electrons. The first-order chi connectivity index (χ1) is 6.47. The standard InChI is InChI=1S/C10H17N3S/c1-6-7-13(10(2,3)4)9(14-5)12-8-11/h6H,1,7H2,2-5H3. The molecule has 0 bridgehead atoms. The van der Waals surface area contributed by atoms with Gasteiger partial charge in [-0.25, -0.2) is 0 Å². The van der Waals surface area contributed by atoms with E-state index in [0.29, 0.717) is 6.54 Å². The Morgan fingerprint density at radius 2 is 2.21 bits per heavy atom. The van der Waals surface area contributed by atoms with Crippen molar-refractivity contribution in [3.8, 4) is 6.19 Å². The van der Waals surface area contributed by atoms with Gasteiger partial charge in [-0.05, 0) is 27.0 Å². The zero-order chi connectivity index (χ0) is 11.2. The lowest BCUT2D eigenvalue weighted by molar-refractivity contribution is 0.264. The van der Waals surface area contributed by atoms with Crippen LogP contribution in [0.5, 0.6) is 0 Å². The largest absolute Gasteiger partial charge is 0.342 e. The summed E-state index contributed by atoms with van der Waals surface area (Å²) in [5.74, 6) is 0. The van der Waals surface area contributed by atoms with Crippen LogP contribution in [0.15, 0.2) is 17.6 Å². The molecule has 0 radical (unpaired) electrons. The molecule has 0 unspecified atom stereocenters. The second kappa shape index (κ2) is 5.71. The number of aliphatic imine (C=N–C) groups is 1. The van der Waals surface area contributed by atoms with Crippen LogP contribution < -0.4 is 0 Å². The third kappa shape index (κ3) is 3.84. The minimum absolute atomic E-state index is 0.0487. The third-order valence-electron chi connectivity index (χ3n) is 1.68. The SMILES string of the molecule is C=CCN(C(=NC#N)SC)C(C)(C)C. The maximum Gasteiger partial charge on any atom is 0.208 e. The van der Waals surface area contributed by atoms with Gasteiger partial charge in [-0.15, -0.1) is 11.6 Å². The summed E-state index contributed by atoms with van der Waals surface area (Å²) in [7, 11) is 0. The molecule has 0 heterocycles. The maximum absolute atomic E-state index is 8.55. The highest BCUT2D eigenvalue weighted by atomic mass is 32.2. The second-order valence-electron chi connectivity index (χ2n) is 3.77. The summed E-state index contributed by atoms with van der Waals surface area (Å²) in [6.45, 7) is 10.7. The van der Waals surface area contributed by atoms with Crippen LogP contribution in [0.2, 0.25) is 0 Å². The summed E-state index contributed by atoms with van der Waals surface area (Å²) >= 11 is 1.48. The summed E-state index contributed by atoms with van der Waals surface area (Å²) in [5, 5.41) is 9.28. The van der Waals surface area contributed by atoms with E-state index in [1.54, 1.807) is 0 Å². The summed E-state index contributed by atoms with van der Waals surface area (Å²) in [6, 6.07) is 0. The molecular weight excluding hydrogens is 194 g/mol. The molecule has 4 heteroatoms. The molecule has 3 nitrogen and oxygen atoms in total. The molecule has 0 amide bonds. The fourth-order valence-corrected chi connectivity index (χ4v) is 1.73. The van der Waals surface area contributed by atoms with E-state index in [2.05, 4.69) is 32.3 Å². The Labute approximate surface area is 90.5 Å². The van der Waals surface area contributed by atoms with E-state index >= 15 is 0 Å². The summed E-state index contributed by atoms with van der Waals surface area (Å²) < 4.78 is 0. The molecule has 0 saturated heterocycles. The van der Waals surface area contributed by atoms with Gasteiger partial charge in [0.05, 0.1) is 0 Å². The molecule has 0 aliphatic rings. The van der Waals surface area contributed by atoms with Gasteiger partial charge in [0, 0.05) is 12.1 Å². The minimum atomic E-state index is -0.0487. The van der Waals surface area contributed by atoms with Crippen molar-refractivity contribution in [2.24, 2.45) is 4.99 Å². The van der Waals surface area contributed by atoms with Crippen molar-refractivity contribution in [3.63, 3.8) is 0 Å². The van der Waals surface area contributed by atoms with Crippen molar-refractivity contribution < 1.29 is 0 Å². The van der Waals surface area contributed by atoms with E-state index in [1.165, 1.54) is 11.8 Å². The zero-order valence-corrected chi connectivity index (χ0v) is 10.1. The molecule has 0 aromatic carbocycles. The van der Waals surface area contributed by atoms with Gasteiger partial charge in [-0.3, -0.25) is 0 Å². The predicted octanol–water partition coefficient (Wildman–Crippen LogP) is 2.47. The number of amidine groups is 1. The summed E-state index contributed by atoms with van der Waals surface area (Å²) in [4.78, 5) is 5.84. The fraction of sp³-hybridized carbons (Fsp3) is 0.600. The number of thioether (sulfide) groups is 1. The number of hydrogen-bond acceptors (Lipinski definition) is 3. The van der Waals surface area contributed by atoms with Crippen molar-refractivity contribution in [1.29, 1.82) is 5.26 Å². The van der Waals surface area contributed by atoms with Gasteiger partial charge in [0.2, 0.25) is 6.19 Å². The molecule has 0 spiro atoms. The van der Waals surface area contributed by atoms with Gasteiger partial charge in [-0.2, -0.15) is 5.26 Å². The van der Waals surface area contributed by atoms with Crippen LogP contribution in [-0.2, 0) is 0 Å². The first-order valence-corrected chi connectivity index (χ1v) is 5.59. The van der Waals surface area contributed by atoms with E-state index < -0.39 is 0 Å². The first kappa shape index (κ1) is 13.1. The van der Waals surface area contributed by atoms with Gasteiger partial charge in [0.1, 0.15) is 0 Å². The molecule has 0 atom stereocenters. The first-order valence-electron chi connectivity index (χ1n) is 4.36. The van der Waals surface area contributed by atoms with E-state index in [0.717, 1.165) is 5.17 Å². The smallest absolute Gasteiger partial charge is 0.208 e. The summed E-state index contributed by atoms with van der Waals surface area (Å²) in [5.41, 5.74) is -0.0487. The molecule has 0 saturated carbocycles. The number of nitriles is 1. The molecular formula is C10H17N3S. The average Bonchev–Trinajstić information content (AvgIpc) is 2.09. The molecule has 0 N–H and O–H groups in total. The fourth-order valence-electron chi connectivity index (χ4n) is 1.03. The maximum atomic E-state index is 8.55. The van der Waals surface area contributed by atoms with Crippen molar-refractivity contribution in [2.45, 2.75) is 26.3 Å². The van der Waals surface area contributed by atoms with Gasteiger partial charge < -0.3 is 4.90 Å². The van der Waals surface area contributed by atoms with Crippen LogP contribution in [-0.4, -0.2) is 28.4 Å². The Hall–Kier alpha value is -0.950. The monoisotopic (exact) mass is 211 g/mol. The number of nitrogens with zero attached hydrogens (tertiary/aromatic N) is 3. The van der Waals surface area contributed by atoms with Gasteiger partial charge in [-0.1, -0.05) is 17.8 Å². The Morgan fingerprint density at radius 1 is 1.64 bits per heavy atom. The van der Waals surface area contributed by atoms with Crippen LogP contribution in [0, 0.1) is 11.5 Å². The quantitative estimate of drug-likeness (QED) is 0.305. The van der Waals surface area contributed by atoms with Gasteiger partial charge >= 0.3 is 0 Å². The van der Waals surface area contributed by atoms with Crippen molar-refractivity contribution in [1.82, 2.24) is 4.90 Å². The lowest BCUT2D eigenvalue weighted by Gasteiger charge is -2.36. The molecule has 0 aromatic rings. The number of hydrogen-bond donors (Lipinski definition) is 0. The van der Waals surface area contributed by atoms with Crippen molar-refractivity contribution >= 4 is 16.9 Å². The van der Waals surface area contributed by atoms with E-state index in [1.807, 2.05) is 23.4 Å². The molecule has 0 aromatic heterocycles. The highest BCUT2D eigenvalue weighted by Gasteiger charge is 2.23. The predicted molar refractivity (Wildman–Crippen MR) is 63.2 cm³/mol. The lowest BCUT2D eigenvalue weighted by atomic mass is 10.1. The topological polar surface area (TPSA) is 39.4 Å². The van der Waals surface area contributed by atoms with Crippen LogP contribution >= 0.6 is 11.8 Å². The number of rotatable bonds is 2. The Kier molecular flexibility index (Phi) is 5.32. The van der Waals surface area contributed by atoms with Gasteiger partial charge in [0.15, 0.2) is 5.17 Å². The lowest BCUT2D eigenvalue weighted by Crippen LogP contribution is -2.44. The van der Waals surface area contributed by atoms with Crippen LogP contribution in [0.1, 0.15) is 20.8 Å². The Balaban J connectivity index is 4.90. The van der Waals surface area contributed by atoms with Crippen LogP contribution in [0.25, 0.3) is 0 Å². The van der Waals surface area contributed by atoms with E-state index in [9.17, 15) is 0 Å². The summed E-state index contributed by atoms with van der Waals surface area (Å²) in [6.07, 6.45) is 5.55. The van der Waals surface area contributed by atoms with Crippen molar-refractivity contribution in [3.05, 3.63) is 12.7 Å². The normalized spacial score (nSPS) is 12.1. The molecule has 0 rings (SSSR count). The molecule has 0 aliphatic carbocycles. The van der Waals surface area contributed by atoms with Crippen LogP contribution in [0.3, 0.4) is 0 Å². The average molecular weight is 211 g/mol. The third-order valence-corrected chi connectivity index (χ3v) is 2.36. The highest BCUT2D eigenvalue weighted by Crippen LogP contribution is 2.18. The Morgan fingerprint density at radius 3 is 2.50 bits per heavy atom. The van der Waals surface area contributed by atoms with E-state index in [4.69, 9.17) is 5.26 Å².